The predicted octanol–water partition coefficient (Wildman–Crippen LogP) is 1.67. The summed E-state index contributed by atoms with van der Waals surface area (Å²) in [5, 5.41) is 0. The normalized spacial score (nSPS) is 20.8. The first kappa shape index (κ1) is 23.5. The molecule has 12 heteroatoms. The van der Waals surface area contributed by atoms with Gasteiger partial charge >= 0.3 is 0 Å². The number of aromatic nitrogens is 5. The number of hydrogen-bond acceptors (Lipinski definition) is 10. The van der Waals surface area contributed by atoms with Crippen LogP contribution in [-0.2, 0) is 17.1 Å². The molecule has 5 heterocycles. The molecule has 1 fully saturated rings. The van der Waals surface area contributed by atoms with Crippen LogP contribution in [0.25, 0.3) is 11.6 Å². The quantitative estimate of drug-likeness (QED) is 0.522. The SMILES string of the molecule is CC1CN(c2cc(F)cc(N3CCc4nc(-c5ncccn5)ncc4C3C)n2)CCN1C[SH](=O)=O. The molecule has 35 heavy (non-hydrogen) atoms. The highest BCUT2D eigenvalue weighted by atomic mass is 32.2. The Labute approximate surface area is 204 Å². The van der Waals surface area contributed by atoms with Crippen molar-refractivity contribution in [2.75, 3.05) is 41.9 Å². The minimum Gasteiger partial charge on any atom is -0.354 e. The second-order valence-corrected chi connectivity index (χ2v) is 9.82. The van der Waals surface area contributed by atoms with Crippen molar-refractivity contribution in [1.82, 2.24) is 29.8 Å². The third-order valence-corrected chi connectivity index (χ3v) is 7.21. The van der Waals surface area contributed by atoms with Gasteiger partial charge in [-0.25, -0.2) is 37.7 Å². The molecule has 0 aliphatic carbocycles. The lowest BCUT2D eigenvalue weighted by Crippen LogP contribution is -2.52. The van der Waals surface area contributed by atoms with Crippen LogP contribution in [0.1, 0.15) is 31.1 Å². The third-order valence-electron chi connectivity index (χ3n) is 6.62. The van der Waals surface area contributed by atoms with Gasteiger partial charge in [0.2, 0.25) is 0 Å². The van der Waals surface area contributed by atoms with Gasteiger partial charge in [0.1, 0.15) is 17.5 Å². The van der Waals surface area contributed by atoms with Gasteiger partial charge < -0.3 is 9.80 Å². The van der Waals surface area contributed by atoms with E-state index in [1.54, 1.807) is 24.7 Å². The van der Waals surface area contributed by atoms with Gasteiger partial charge in [-0.2, -0.15) is 0 Å². The highest BCUT2D eigenvalue weighted by molar-refractivity contribution is 7.72. The van der Waals surface area contributed by atoms with E-state index >= 15 is 0 Å². The van der Waals surface area contributed by atoms with Gasteiger partial charge in [-0.15, -0.1) is 0 Å². The monoisotopic (exact) mass is 498 g/mol. The molecule has 0 spiro atoms. The van der Waals surface area contributed by atoms with Crippen molar-refractivity contribution in [3.8, 4) is 11.6 Å². The number of fused-ring (bicyclic) bond motifs is 1. The number of thiol groups is 1. The molecule has 3 aromatic heterocycles. The lowest BCUT2D eigenvalue weighted by Gasteiger charge is -2.40. The summed E-state index contributed by atoms with van der Waals surface area (Å²) in [5.41, 5.74) is 1.90. The van der Waals surface area contributed by atoms with Crippen LogP contribution in [0.4, 0.5) is 16.0 Å². The van der Waals surface area contributed by atoms with Crippen LogP contribution in [0.5, 0.6) is 0 Å². The molecule has 0 N–H and O–H groups in total. The fraction of sp³-hybridized carbons (Fsp3) is 0.435. The zero-order valence-electron chi connectivity index (χ0n) is 19.6. The average Bonchev–Trinajstić information content (AvgIpc) is 2.85. The van der Waals surface area contributed by atoms with Gasteiger partial charge in [0.15, 0.2) is 22.4 Å². The van der Waals surface area contributed by atoms with Crippen molar-refractivity contribution in [3.05, 3.63) is 53.9 Å². The van der Waals surface area contributed by atoms with Crippen molar-refractivity contribution in [3.63, 3.8) is 0 Å². The van der Waals surface area contributed by atoms with Crippen molar-refractivity contribution in [2.24, 2.45) is 0 Å². The average molecular weight is 499 g/mol. The molecule has 10 nitrogen and oxygen atoms in total. The number of pyridine rings is 1. The lowest BCUT2D eigenvalue weighted by atomic mass is 9.99. The molecule has 2 atom stereocenters. The van der Waals surface area contributed by atoms with Crippen LogP contribution in [0, 0.1) is 5.82 Å². The largest absolute Gasteiger partial charge is 0.354 e. The van der Waals surface area contributed by atoms with Gasteiger partial charge in [0, 0.05) is 74.9 Å². The van der Waals surface area contributed by atoms with E-state index in [1.165, 1.54) is 12.1 Å². The van der Waals surface area contributed by atoms with Gasteiger partial charge in [-0.1, -0.05) is 0 Å². The Morgan fingerprint density at radius 3 is 2.51 bits per heavy atom. The highest BCUT2D eigenvalue weighted by Gasteiger charge is 2.29. The molecule has 3 aromatic rings. The summed E-state index contributed by atoms with van der Waals surface area (Å²) in [4.78, 5) is 28.4. The molecule has 0 aromatic carbocycles. The van der Waals surface area contributed by atoms with Crippen LogP contribution in [0.15, 0.2) is 36.8 Å². The minimum absolute atomic E-state index is 0.0193. The molecule has 2 aliphatic heterocycles. The molecule has 5 rings (SSSR count). The summed E-state index contributed by atoms with van der Waals surface area (Å²) in [5.74, 6) is 1.78. The van der Waals surface area contributed by atoms with E-state index in [0.29, 0.717) is 55.9 Å². The Hall–Kier alpha value is -3.25. The first-order valence-corrected chi connectivity index (χ1v) is 12.9. The molecule has 1 saturated heterocycles. The summed E-state index contributed by atoms with van der Waals surface area (Å²) in [6.45, 7) is 6.39. The maximum atomic E-state index is 14.7. The fourth-order valence-corrected chi connectivity index (χ4v) is 5.46. The summed E-state index contributed by atoms with van der Waals surface area (Å²) in [6.07, 6.45) is 5.79. The minimum atomic E-state index is -2.47. The van der Waals surface area contributed by atoms with Gasteiger partial charge in [-0.05, 0) is 19.9 Å². The topological polar surface area (TPSA) is 108 Å². The summed E-state index contributed by atoms with van der Waals surface area (Å²) in [6, 6.07) is 4.58. The lowest BCUT2D eigenvalue weighted by molar-refractivity contribution is 0.220. The molecule has 2 aliphatic rings. The van der Waals surface area contributed by atoms with E-state index in [0.717, 1.165) is 11.3 Å². The fourth-order valence-electron chi connectivity index (χ4n) is 4.74. The maximum Gasteiger partial charge on any atom is 0.197 e. The van der Waals surface area contributed by atoms with E-state index in [9.17, 15) is 12.8 Å². The van der Waals surface area contributed by atoms with E-state index in [4.69, 9.17) is 9.97 Å². The van der Waals surface area contributed by atoms with Crippen molar-refractivity contribution >= 4 is 22.3 Å². The van der Waals surface area contributed by atoms with Crippen LogP contribution >= 0.6 is 0 Å². The van der Waals surface area contributed by atoms with Gasteiger partial charge in [0.25, 0.3) is 0 Å². The molecule has 0 bridgehead atoms. The standard InChI is InChI=1S/C23H27FN8O2S/c1-15-13-30(8-9-31(15)14-35(33)34)20-10-17(24)11-21(29-20)32-7-4-19-18(16(32)2)12-27-23(28-19)22-25-5-3-6-26-22/h3,5-6,10-12,15-16,35H,4,7-9,13-14H2,1-2H3. The first-order chi connectivity index (χ1) is 16.9. The van der Waals surface area contributed by atoms with Crippen LogP contribution < -0.4 is 9.80 Å². The Bertz CT molecular complexity index is 1280. The second-order valence-electron chi connectivity index (χ2n) is 8.87. The zero-order valence-corrected chi connectivity index (χ0v) is 20.5. The predicted molar refractivity (Wildman–Crippen MR) is 130 cm³/mol. The van der Waals surface area contributed by atoms with E-state index in [-0.39, 0.29) is 23.8 Å². The maximum absolute atomic E-state index is 14.7. The van der Waals surface area contributed by atoms with Crippen LogP contribution in [0.3, 0.4) is 0 Å². The number of hydrogen-bond donors (Lipinski definition) is 1. The number of halogens is 1. The zero-order chi connectivity index (χ0) is 24.5. The first-order valence-electron chi connectivity index (χ1n) is 11.6. The number of nitrogens with zero attached hydrogens (tertiary/aromatic N) is 8. The molecular formula is C23H27FN8O2S. The molecule has 2 unspecified atom stereocenters. The van der Waals surface area contributed by atoms with Crippen molar-refractivity contribution in [2.45, 2.75) is 32.4 Å². The summed E-state index contributed by atoms with van der Waals surface area (Å²) in [7, 11) is -2.47. The number of rotatable bonds is 5. The Morgan fingerprint density at radius 1 is 1.00 bits per heavy atom. The molecule has 0 radical (unpaired) electrons. The highest BCUT2D eigenvalue weighted by Crippen LogP contribution is 2.33. The van der Waals surface area contributed by atoms with Gasteiger partial charge in [0.05, 0.1) is 17.6 Å². The Morgan fingerprint density at radius 2 is 1.77 bits per heavy atom. The van der Waals surface area contributed by atoms with Gasteiger partial charge in [-0.3, -0.25) is 4.90 Å². The third kappa shape index (κ3) is 4.94. The van der Waals surface area contributed by atoms with E-state index in [2.05, 4.69) is 19.9 Å². The smallest absolute Gasteiger partial charge is 0.197 e. The molecule has 0 amide bonds. The summed E-state index contributed by atoms with van der Waals surface area (Å²) < 4.78 is 37.0. The van der Waals surface area contributed by atoms with E-state index < -0.39 is 10.7 Å². The molecule has 184 valence electrons. The van der Waals surface area contributed by atoms with Crippen molar-refractivity contribution < 1.29 is 12.8 Å². The molecule has 0 saturated carbocycles. The summed E-state index contributed by atoms with van der Waals surface area (Å²) >= 11 is 0. The number of anilines is 2. The van der Waals surface area contributed by atoms with E-state index in [1.807, 2.05) is 23.6 Å². The van der Waals surface area contributed by atoms with Crippen LogP contribution in [-0.4, -0.2) is 76.3 Å². The number of piperazine rings is 1. The second kappa shape index (κ2) is 9.78. The Kier molecular flexibility index (Phi) is 6.56. The van der Waals surface area contributed by atoms with Crippen LogP contribution in [0.2, 0.25) is 0 Å². The Balaban J connectivity index is 1.37. The van der Waals surface area contributed by atoms with Crippen molar-refractivity contribution in [1.29, 1.82) is 0 Å². The molecular weight excluding hydrogens is 471 g/mol.